The minimum absolute atomic E-state index is 0.399. The number of hydrogen-bond donors (Lipinski definition) is 1. The third-order valence-electron chi connectivity index (χ3n) is 4.13. The molecule has 0 amide bonds. The van der Waals surface area contributed by atoms with Crippen molar-refractivity contribution in [2.75, 3.05) is 0 Å². The van der Waals surface area contributed by atoms with Gasteiger partial charge in [-0.15, -0.1) is 11.3 Å². The Morgan fingerprint density at radius 2 is 2.00 bits per heavy atom. The molecule has 20 heavy (non-hydrogen) atoms. The molecule has 0 bridgehead atoms. The Kier molecular flexibility index (Phi) is 4.59. The number of aryl methyl sites for hydroxylation is 2. The molecule has 0 spiro atoms. The first-order valence-corrected chi connectivity index (χ1v) is 8.98. The minimum Gasteiger partial charge on any atom is -0.305 e. The molecule has 1 N–H and O–H groups in total. The van der Waals surface area contributed by atoms with E-state index in [2.05, 4.69) is 57.8 Å². The number of halogens is 1. The van der Waals surface area contributed by atoms with E-state index in [0.29, 0.717) is 6.04 Å². The zero-order valence-electron chi connectivity index (χ0n) is 11.8. The van der Waals surface area contributed by atoms with Crippen molar-refractivity contribution in [2.24, 2.45) is 0 Å². The predicted octanol–water partition coefficient (Wildman–Crippen LogP) is 5.24. The second-order valence-electron chi connectivity index (χ2n) is 5.53. The van der Waals surface area contributed by atoms with Crippen LogP contribution in [0.3, 0.4) is 0 Å². The highest BCUT2D eigenvalue weighted by Gasteiger charge is 2.12. The van der Waals surface area contributed by atoms with E-state index in [-0.39, 0.29) is 0 Å². The van der Waals surface area contributed by atoms with Crippen LogP contribution in [0.1, 0.15) is 47.4 Å². The van der Waals surface area contributed by atoms with Crippen LogP contribution in [0.2, 0.25) is 0 Å². The molecule has 106 valence electrons. The highest BCUT2D eigenvalue weighted by molar-refractivity contribution is 9.10. The van der Waals surface area contributed by atoms with E-state index in [1.807, 2.05) is 0 Å². The summed E-state index contributed by atoms with van der Waals surface area (Å²) in [6, 6.07) is 9.56. The Bertz CT molecular complexity index is 590. The van der Waals surface area contributed by atoms with E-state index in [1.165, 1.54) is 40.6 Å². The maximum absolute atomic E-state index is 3.63. The molecule has 1 nitrogen and oxygen atoms in total. The smallest absolute Gasteiger partial charge is 0.0327 e. The van der Waals surface area contributed by atoms with Crippen molar-refractivity contribution in [3.05, 3.63) is 55.7 Å². The Morgan fingerprint density at radius 3 is 2.75 bits per heavy atom. The lowest BCUT2D eigenvalue weighted by Crippen LogP contribution is -2.18. The summed E-state index contributed by atoms with van der Waals surface area (Å²) in [6.45, 7) is 3.18. The molecule has 1 aromatic heterocycles. The van der Waals surface area contributed by atoms with E-state index in [4.69, 9.17) is 0 Å². The van der Waals surface area contributed by atoms with E-state index in [0.717, 1.165) is 6.54 Å². The maximum Gasteiger partial charge on any atom is 0.0327 e. The molecule has 0 saturated heterocycles. The zero-order valence-corrected chi connectivity index (χ0v) is 14.2. The summed E-state index contributed by atoms with van der Waals surface area (Å²) in [5.74, 6) is 0. The summed E-state index contributed by atoms with van der Waals surface area (Å²) < 4.78 is 1.22. The molecular formula is C17H20BrNS. The highest BCUT2D eigenvalue weighted by atomic mass is 79.9. The second kappa shape index (κ2) is 6.42. The van der Waals surface area contributed by atoms with Crippen LogP contribution in [0.4, 0.5) is 0 Å². The van der Waals surface area contributed by atoms with Crippen LogP contribution >= 0.6 is 27.3 Å². The van der Waals surface area contributed by atoms with Crippen molar-refractivity contribution >= 4 is 27.3 Å². The first-order chi connectivity index (χ1) is 9.74. The minimum atomic E-state index is 0.399. The van der Waals surface area contributed by atoms with Gasteiger partial charge < -0.3 is 5.32 Å². The summed E-state index contributed by atoms with van der Waals surface area (Å²) in [4.78, 5) is 1.37. The van der Waals surface area contributed by atoms with Gasteiger partial charge in [0.25, 0.3) is 0 Å². The molecule has 1 aromatic carbocycles. The first kappa shape index (κ1) is 14.3. The van der Waals surface area contributed by atoms with Gasteiger partial charge in [0.1, 0.15) is 0 Å². The molecule has 1 aliphatic rings. The molecular weight excluding hydrogens is 330 g/mol. The predicted molar refractivity (Wildman–Crippen MR) is 90.4 cm³/mol. The number of hydrogen-bond acceptors (Lipinski definition) is 2. The third kappa shape index (κ3) is 3.16. The molecule has 3 rings (SSSR count). The lowest BCUT2D eigenvalue weighted by molar-refractivity contribution is 0.575. The summed E-state index contributed by atoms with van der Waals surface area (Å²) >= 11 is 5.39. The number of benzene rings is 1. The molecule has 0 radical (unpaired) electrons. The quantitative estimate of drug-likeness (QED) is 0.795. The third-order valence-corrected chi connectivity index (χ3v) is 6.06. The van der Waals surface area contributed by atoms with Gasteiger partial charge in [0.15, 0.2) is 0 Å². The normalized spacial score (nSPS) is 15.9. The van der Waals surface area contributed by atoms with Crippen molar-refractivity contribution in [3.8, 4) is 0 Å². The topological polar surface area (TPSA) is 12.0 Å². The van der Waals surface area contributed by atoms with Crippen LogP contribution in [-0.2, 0) is 19.4 Å². The van der Waals surface area contributed by atoms with Gasteiger partial charge in [-0.25, -0.2) is 0 Å². The summed E-state index contributed by atoms with van der Waals surface area (Å²) in [6.07, 6.45) is 5.22. The zero-order chi connectivity index (χ0) is 13.9. The van der Waals surface area contributed by atoms with E-state index >= 15 is 0 Å². The number of thiophene rings is 1. The number of nitrogens with one attached hydrogen (secondary N) is 1. The van der Waals surface area contributed by atoms with E-state index in [9.17, 15) is 0 Å². The standard InChI is InChI=1S/C17H20BrNS/c1-12(19-11-17-16(18)8-9-20-17)14-7-6-13-4-2-3-5-15(13)10-14/h6-10,12,19H,2-5,11H2,1H3. The van der Waals surface area contributed by atoms with Crippen molar-refractivity contribution in [3.63, 3.8) is 0 Å². The monoisotopic (exact) mass is 349 g/mol. The van der Waals surface area contributed by atoms with Crippen LogP contribution in [0.15, 0.2) is 34.1 Å². The Balaban J connectivity index is 1.67. The van der Waals surface area contributed by atoms with Gasteiger partial charge in [-0.05, 0) is 76.7 Å². The average Bonchev–Trinajstić information content (AvgIpc) is 2.89. The molecule has 3 heteroatoms. The molecule has 0 aliphatic heterocycles. The van der Waals surface area contributed by atoms with Crippen molar-refractivity contribution in [2.45, 2.75) is 45.2 Å². The molecule has 1 aliphatic carbocycles. The van der Waals surface area contributed by atoms with Crippen molar-refractivity contribution in [1.82, 2.24) is 5.32 Å². The molecule has 1 heterocycles. The summed E-state index contributed by atoms with van der Waals surface area (Å²) in [5, 5.41) is 5.76. The number of rotatable bonds is 4. The Morgan fingerprint density at radius 1 is 1.20 bits per heavy atom. The van der Waals surface area contributed by atoms with Gasteiger partial charge in [0.2, 0.25) is 0 Å². The first-order valence-electron chi connectivity index (χ1n) is 7.31. The number of fused-ring (bicyclic) bond motifs is 1. The maximum atomic E-state index is 3.63. The van der Waals surface area contributed by atoms with E-state index in [1.54, 1.807) is 22.5 Å². The SMILES string of the molecule is CC(NCc1sccc1Br)c1ccc2c(c1)CCCC2. The van der Waals surface area contributed by atoms with Gasteiger partial charge in [-0.1, -0.05) is 18.2 Å². The van der Waals surface area contributed by atoms with E-state index < -0.39 is 0 Å². The molecule has 2 aromatic rings. The van der Waals surface area contributed by atoms with Crippen LogP contribution in [0.25, 0.3) is 0 Å². The summed E-state index contributed by atoms with van der Waals surface area (Å²) in [5.41, 5.74) is 4.55. The second-order valence-corrected chi connectivity index (χ2v) is 7.38. The van der Waals surface area contributed by atoms with Gasteiger partial charge in [0.05, 0.1) is 0 Å². The largest absolute Gasteiger partial charge is 0.305 e. The average molecular weight is 350 g/mol. The van der Waals surface area contributed by atoms with Gasteiger partial charge in [-0.3, -0.25) is 0 Å². The fourth-order valence-electron chi connectivity index (χ4n) is 2.84. The molecule has 0 saturated carbocycles. The Hall–Kier alpha value is -0.640. The van der Waals surface area contributed by atoms with Crippen LogP contribution < -0.4 is 5.32 Å². The van der Waals surface area contributed by atoms with Crippen LogP contribution in [0.5, 0.6) is 0 Å². The fourth-order valence-corrected chi connectivity index (χ4v) is 4.28. The molecule has 1 unspecified atom stereocenters. The van der Waals surface area contributed by atoms with Crippen molar-refractivity contribution in [1.29, 1.82) is 0 Å². The van der Waals surface area contributed by atoms with Gasteiger partial charge in [0, 0.05) is 21.9 Å². The highest BCUT2D eigenvalue weighted by Crippen LogP contribution is 2.26. The lowest BCUT2D eigenvalue weighted by Gasteiger charge is -2.20. The summed E-state index contributed by atoms with van der Waals surface area (Å²) in [7, 11) is 0. The van der Waals surface area contributed by atoms with Gasteiger partial charge in [-0.2, -0.15) is 0 Å². The van der Waals surface area contributed by atoms with Gasteiger partial charge >= 0.3 is 0 Å². The molecule has 0 fully saturated rings. The molecule has 1 atom stereocenters. The fraction of sp³-hybridized carbons (Fsp3) is 0.412. The van der Waals surface area contributed by atoms with Crippen LogP contribution in [-0.4, -0.2) is 0 Å². The lowest BCUT2D eigenvalue weighted by atomic mass is 9.89. The van der Waals surface area contributed by atoms with Crippen molar-refractivity contribution < 1.29 is 0 Å². The Labute approximate surface area is 133 Å². The van der Waals surface area contributed by atoms with Crippen LogP contribution in [0, 0.1) is 0 Å².